The number of piperidine rings is 1. The summed E-state index contributed by atoms with van der Waals surface area (Å²) in [6.07, 6.45) is 1.91. The van der Waals surface area contributed by atoms with E-state index >= 15 is 0 Å². The van der Waals surface area contributed by atoms with Crippen LogP contribution in [0.4, 0.5) is 5.69 Å². The Morgan fingerprint density at radius 3 is 2.85 bits per heavy atom. The van der Waals surface area contributed by atoms with Gasteiger partial charge in [-0.15, -0.1) is 0 Å². The van der Waals surface area contributed by atoms with E-state index < -0.39 is 0 Å². The first-order valence-corrected chi connectivity index (χ1v) is 7.85. The van der Waals surface area contributed by atoms with Crippen molar-refractivity contribution in [2.24, 2.45) is 5.92 Å². The largest absolute Gasteiger partial charge is 0.393 e. The molecule has 112 valence electrons. The zero-order valence-corrected chi connectivity index (χ0v) is 13.0. The fourth-order valence-corrected chi connectivity index (χ4v) is 2.94. The average molecular weight is 276 g/mol. The van der Waals surface area contributed by atoms with Crippen molar-refractivity contribution in [2.75, 3.05) is 24.5 Å². The molecule has 1 aliphatic heterocycles. The molecule has 20 heavy (non-hydrogen) atoms. The van der Waals surface area contributed by atoms with Crippen LogP contribution in [0.15, 0.2) is 18.2 Å². The van der Waals surface area contributed by atoms with Gasteiger partial charge in [0.1, 0.15) is 0 Å². The molecule has 0 spiro atoms. The molecule has 0 aromatic heterocycles. The van der Waals surface area contributed by atoms with Gasteiger partial charge in [-0.3, -0.25) is 0 Å². The van der Waals surface area contributed by atoms with E-state index in [1.54, 1.807) is 0 Å². The zero-order valence-electron chi connectivity index (χ0n) is 13.0. The Bertz CT molecular complexity index is 433. The first-order valence-electron chi connectivity index (χ1n) is 7.85. The number of rotatable bonds is 5. The van der Waals surface area contributed by atoms with E-state index in [4.69, 9.17) is 0 Å². The van der Waals surface area contributed by atoms with Crippen LogP contribution in [0.5, 0.6) is 0 Å². The Hall–Kier alpha value is -1.06. The first kappa shape index (κ1) is 15.3. The second-order valence-electron chi connectivity index (χ2n) is 6.08. The fraction of sp³-hybridized carbons (Fsp3) is 0.647. The number of benzene rings is 1. The molecule has 3 nitrogen and oxygen atoms in total. The van der Waals surface area contributed by atoms with Crippen LogP contribution >= 0.6 is 0 Å². The highest BCUT2D eigenvalue weighted by Gasteiger charge is 2.24. The fourth-order valence-electron chi connectivity index (χ4n) is 2.94. The zero-order chi connectivity index (χ0) is 14.5. The SMILES string of the molecule is CCCNCc1ccc(N2CCC(O)C(C)C2)c(C)c1. The number of hydrogen-bond donors (Lipinski definition) is 2. The van der Waals surface area contributed by atoms with Gasteiger partial charge in [0, 0.05) is 25.3 Å². The van der Waals surface area contributed by atoms with Crippen LogP contribution in [0, 0.1) is 12.8 Å². The predicted molar refractivity (Wildman–Crippen MR) is 85.2 cm³/mol. The van der Waals surface area contributed by atoms with Gasteiger partial charge in [-0.1, -0.05) is 26.0 Å². The van der Waals surface area contributed by atoms with Gasteiger partial charge in [0.25, 0.3) is 0 Å². The molecule has 2 N–H and O–H groups in total. The Balaban J connectivity index is 2.02. The van der Waals surface area contributed by atoms with E-state index in [-0.39, 0.29) is 6.10 Å². The molecule has 2 unspecified atom stereocenters. The summed E-state index contributed by atoms with van der Waals surface area (Å²) in [5, 5.41) is 13.3. The molecule has 0 radical (unpaired) electrons. The lowest BCUT2D eigenvalue weighted by Crippen LogP contribution is -2.42. The van der Waals surface area contributed by atoms with E-state index in [0.717, 1.165) is 32.6 Å². The van der Waals surface area contributed by atoms with E-state index in [9.17, 15) is 5.11 Å². The quantitative estimate of drug-likeness (QED) is 0.812. The van der Waals surface area contributed by atoms with E-state index in [1.165, 1.54) is 23.2 Å². The van der Waals surface area contributed by atoms with Gasteiger partial charge < -0.3 is 15.3 Å². The molecule has 0 amide bonds. The summed E-state index contributed by atoms with van der Waals surface area (Å²) in [6, 6.07) is 6.75. The van der Waals surface area contributed by atoms with Gasteiger partial charge in [-0.2, -0.15) is 0 Å². The number of nitrogens with one attached hydrogen (secondary N) is 1. The Morgan fingerprint density at radius 2 is 2.20 bits per heavy atom. The number of aliphatic hydroxyl groups excluding tert-OH is 1. The molecule has 1 heterocycles. The molecular formula is C17H28N2O. The molecule has 0 bridgehead atoms. The number of aliphatic hydroxyl groups is 1. The molecule has 0 aliphatic carbocycles. The minimum absolute atomic E-state index is 0.135. The highest BCUT2D eigenvalue weighted by Crippen LogP contribution is 2.26. The Morgan fingerprint density at radius 1 is 1.40 bits per heavy atom. The standard InChI is InChI=1S/C17H28N2O/c1-4-8-18-11-15-5-6-16(13(2)10-15)19-9-7-17(20)14(3)12-19/h5-6,10,14,17-18,20H,4,7-9,11-12H2,1-3H3. The lowest BCUT2D eigenvalue weighted by Gasteiger charge is -2.36. The first-order chi connectivity index (χ1) is 9.61. The molecule has 3 heteroatoms. The topological polar surface area (TPSA) is 35.5 Å². The Kier molecular flexibility index (Phi) is 5.44. The lowest BCUT2D eigenvalue weighted by molar-refractivity contribution is 0.0970. The molecule has 2 atom stereocenters. The molecule has 1 fully saturated rings. The van der Waals surface area contributed by atoms with Crippen LogP contribution in [0.25, 0.3) is 0 Å². The maximum absolute atomic E-state index is 9.84. The van der Waals surface area contributed by atoms with Gasteiger partial charge >= 0.3 is 0 Å². The molecule has 1 saturated heterocycles. The third-order valence-electron chi connectivity index (χ3n) is 4.22. The summed E-state index contributed by atoms with van der Waals surface area (Å²) >= 11 is 0. The summed E-state index contributed by atoms with van der Waals surface area (Å²) in [7, 11) is 0. The van der Waals surface area contributed by atoms with Crippen molar-refractivity contribution >= 4 is 5.69 Å². The number of aryl methyl sites for hydroxylation is 1. The highest BCUT2D eigenvalue weighted by atomic mass is 16.3. The van der Waals surface area contributed by atoms with Crippen molar-refractivity contribution in [2.45, 2.75) is 46.3 Å². The van der Waals surface area contributed by atoms with Crippen LogP contribution in [0.3, 0.4) is 0 Å². The van der Waals surface area contributed by atoms with Crippen LogP contribution in [0.2, 0.25) is 0 Å². The minimum Gasteiger partial charge on any atom is -0.393 e. The lowest BCUT2D eigenvalue weighted by atomic mass is 9.95. The predicted octanol–water partition coefficient (Wildman–Crippen LogP) is 2.70. The summed E-state index contributed by atoms with van der Waals surface area (Å²) < 4.78 is 0. The van der Waals surface area contributed by atoms with Gasteiger partial charge in [0.05, 0.1) is 6.10 Å². The van der Waals surface area contributed by atoms with Crippen LogP contribution in [0.1, 0.15) is 37.8 Å². The number of hydrogen-bond acceptors (Lipinski definition) is 3. The maximum Gasteiger partial charge on any atom is 0.0599 e. The maximum atomic E-state index is 9.84. The number of anilines is 1. The summed E-state index contributed by atoms with van der Waals surface area (Å²) in [5.41, 5.74) is 4.01. The van der Waals surface area contributed by atoms with Crippen molar-refractivity contribution in [3.05, 3.63) is 29.3 Å². The molecule has 2 rings (SSSR count). The second kappa shape index (κ2) is 7.09. The van der Waals surface area contributed by atoms with Crippen molar-refractivity contribution < 1.29 is 5.11 Å². The van der Waals surface area contributed by atoms with E-state index in [1.807, 2.05) is 0 Å². The van der Waals surface area contributed by atoms with Crippen molar-refractivity contribution in [3.8, 4) is 0 Å². The van der Waals surface area contributed by atoms with E-state index in [0.29, 0.717) is 5.92 Å². The van der Waals surface area contributed by atoms with Gasteiger partial charge in [0.2, 0.25) is 0 Å². The molecule has 1 aromatic carbocycles. The van der Waals surface area contributed by atoms with Crippen molar-refractivity contribution in [3.63, 3.8) is 0 Å². The number of nitrogens with zero attached hydrogens (tertiary/aromatic N) is 1. The van der Waals surface area contributed by atoms with E-state index in [2.05, 4.69) is 49.2 Å². The molecule has 0 saturated carbocycles. The summed E-state index contributed by atoms with van der Waals surface area (Å²) in [4.78, 5) is 2.41. The molecule has 1 aromatic rings. The monoisotopic (exact) mass is 276 g/mol. The smallest absolute Gasteiger partial charge is 0.0599 e. The molecular weight excluding hydrogens is 248 g/mol. The summed E-state index contributed by atoms with van der Waals surface area (Å²) in [6.45, 7) is 10.4. The van der Waals surface area contributed by atoms with Crippen LogP contribution in [-0.4, -0.2) is 30.8 Å². The Labute approximate surface area is 123 Å². The van der Waals surface area contributed by atoms with Crippen LogP contribution in [-0.2, 0) is 6.54 Å². The average Bonchev–Trinajstić information content (AvgIpc) is 2.43. The van der Waals surface area contributed by atoms with Gasteiger partial charge in [0.15, 0.2) is 0 Å². The van der Waals surface area contributed by atoms with Crippen LogP contribution < -0.4 is 10.2 Å². The highest BCUT2D eigenvalue weighted by molar-refractivity contribution is 5.55. The normalized spacial score (nSPS) is 23.1. The third-order valence-corrected chi connectivity index (χ3v) is 4.22. The minimum atomic E-state index is -0.135. The van der Waals surface area contributed by atoms with Crippen molar-refractivity contribution in [1.29, 1.82) is 0 Å². The van der Waals surface area contributed by atoms with Gasteiger partial charge in [-0.05, 0) is 49.4 Å². The third kappa shape index (κ3) is 3.74. The summed E-state index contributed by atoms with van der Waals surface area (Å²) in [5.74, 6) is 0.356. The van der Waals surface area contributed by atoms with Crippen molar-refractivity contribution in [1.82, 2.24) is 5.32 Å². The second-order valence-corrected chi connectivity index (χ2v) is 6.08. The van der Waals surface area contributed by atoms with Gasteiger partial charge in [-0.25, -0.2) is 0 Å². The molecule has 1 aliphatic rings.